The van der Waals surface area contributed by atoms with E-state index in [2.05, 4.69) is 10.3 Å². The highest BCUT2D eigenvalue weighted by molar-refractivity contribution is 8.01. The van der Waals surface area contributed by atoms with Crippen molar-refractivity contribution >= 4 is 29.4 Å². The van der Waals surface area contributed by atoms with Gasteiger partial charge in [-0.2, -0.15) is 13.2 Å². The van der Waals surface area contributed by atoms with E-state index in [1.807, 2.05) is 11.8 Å². The number of carbonyl (C=O) groups excluding carboxylic acids is 2. The molecule has 0 unspecified atom stereocenters. The first-order chi connectivity index (χ1) is 13.7. The number of hydrogen-bond acceptors (Lipinski definition) is 5. The number of piperidine rings is 1. The molecule has 3 saturated heterocycles. The van der Waals surface area contributed by atoms with E-state index in [1.54, 1.807) is 16.7 Å². The lowest BCUT2D eigenvalue weighted by atomic mass is 10.0. The van der Waals surface area contributed by atoms with Gasteiger partial charge >= 0.3 is 6.18 Å². The standard InChI is InChI=1S/C19H23F3N4O2S/c1-18-7-4-16(27)26(18)14(11-29-18)17(28)24-13-5-8-25(9-6-13)15-3-2-12(10-23-15)19(20,21)22/h2-3,10,13-14H,4-9,11H2,1H3,(H,24,28)/t14-,18-/m1/s1. The summed E-state index contributed by atoms with van der Waals surface area (Å²) in [6.45, 7) is 3.22. The molecule has 0 spiro atoms. The van der Waals surface area contributed by atoms with Crippen LogP contribution in [0.5, 0.6) is 0 Å². The summed E-state index contributed by atoms with van der Waals surface area (Å²) in [5, 5.41) is 3.07. The van der Waals surface area contributed by atoms with Gasteiger partial charge in [0.05, 0.1) is 10.4 Å². The zero-order chi connectivity index (χ0) is 20.8. The topological polar surface area (TPSA) is 65.5 Å². The minimum absolute atomic E-state index is 0.0113. The minimum Gasteiger partial charge on any atom is -0.356 e. The van der Waals surface area contributed by atoms with E-state index in [4.69, 9.17) is 0 Å². The summed E-state index contributed by atoms with van der Waals surface area (Å²) in [6.07, 6.45) is -0.914. The predicted molar refractivity (Wildman–Crippen MR) is 103 cm³/mol. The number of nitrogens with one attached hydrogen (secondary N) is 1. The van der Waals surface area contributed by atoms with E-state index in [0.29, 0.717) is 43.9 Å². The van der Waals surface area contributed by atoms with Gasteiger partial charge in [-0.15, -0.1) is 11.8 Å². The molecular weight excluding hydrogens is 405 g/mol. The molecule has 0 radical (unpaired) electrons. The minimum atomic E-state index is -4.39. The third-order valence-corrected chi connectivity index (χ3v) is 7.49. The van der Waals surface area contributed by atoms with Crippen molar-refractivity contribution in [3.8, 4) is 0 Å². The Morgan fingerprint density at radius 3 is 2.66 bits per heavy atom. The van der Waals surface area contributed by atoms with Crippen molar-refractivity contribution in [3.05, 3.63) is 23.9 Å². The van der Waals surface area contributed by atoms with Gasteiger partial charge in [-0.1, -0.05) is 0 Å². The van der Waals surface area contributed by atoms with Gasteiger partial charge in [0, 0.05) is 37.5 Å². The normalized spacial score (nSPS) is 28.0. The van der Waals surface area contributed by atoms with Crippen molar-refractivity contribution < 1.29 is 22.8 Å². The summed E-state index contributed by atoms with van der Waals surface area (Å²) in [5.41, 5.74) is -0.763. The average Bonchev–Trinajstić information content (AvgIpc) is 3.18. The first-order valence-corrected chi connectivity index (χ1v) is 10.7. The molecule has 3 fully saturated rings. The molecule has 29 heavy (non-hydrogen) atoms. The molecule has 0 aromatic carbocycles. The maximum Gasteiger partial charge on any atom is 0.417 e. The number of pyridine rings is 1. The fourth-order valence-electron chi connectivity index (χ4n) is 4.31. The molecule has 1 N–H and O–H groups in total. The molecule has 0 saturated carbocycles. The number of rotatable bonds is 3. The molecule has 1 aromatic heterocycles. The highest BCUT2D eigenvalue weighted by Crippen LogP contribution is 2.47. The van der Waals surface area contributed by atoms with Gasteiger partial charge in [-0.25, -0.2) is 4.98 Å². The third-order valence-electron chi connectivity index (χ3n) is 5.99. The Hall–Kier alpha value is -1.97. The van der Waals surface area contributed by atoms with Crippen molar-refractivity contribution in [1.82, 2.24) is 15.2 Å². The van der Waals surface area contributed by atoms with E-state index >= 15 is 0 Å². The SMILES string of the molecule is C[C@@]12CCC(=O)N1[C@@H](C(=O)NC1CCN(c3ccc(C(F)(F)F)cn3)CC1)CS2. The monoisotopic (exact) mass is 428 g/mol. The van der Waals surface area contributed by atoms with Crippen LogP contribution in [0, 0.1) is 0 Å². The second-order valence-corrected chi connectivity index (χ2v) is 9.44. The Balaban J connectivity index is 1.31. The van der Waals surface area contributed by atoms with Crippen molar-refractivity contribution in [2.24, 2.45) is 0 Å². The number of aromatic nitrogens is 1. The van der Waals surface area contributed by atoms with Gasteiger partial charge in [0.1, 0.15) is 11.9 Å². The lowest BCUT2D eigenvalue weighted by Gasteiger charge is -2.35. The Morgan fingerprint density at radius 2 is 2.03 bits per heavy atom. The molecule has 2 atom stereocenters. The fourth-order valence-corrected chi connectivity index (χ4v) is 5.74. The maximum atomic E-state index is 12.8. The largest absolute Gasteiger partial charge is 0.417 e. The van der Waals surface area contributed by atoms with Crippen LogP contribution in [0.1, 0.15) is 38.2 Å². The van der Waals surface area contributed by atoms with Crippen LogP contribution >= 0.6 is 11.8 Å². The number of hydrogen-bond donors (Lipinski definition) is 1. The first-order valence-electron chi connectivity index (χ1n) is 9.72. The quantitative estimate of drug-likeness (QED) is 0.802. The number of halogens is 3. The lowest BCUT2D eigenvalue weighted by Crippen LogP contribution is -2.53. The lowest BCUT2D eigenvalue weighted by molar-refractivity contribution is -0.138. The van der Waals surface area contributed by atoms with E-state index in [-0.39, 0.29) is 22.7 Å². The second-order valence-electron chi connectivity index (χ2n) is 7.94. The van der Waals surface area contributed by atoms with Crippen LogP contribution in [0.4, 0.5) is 19.0 Å². The van der Waals surface area contributed by atoms with Crippen LogP contribution in [0.2, 0.25) is 0 Å². The van der Waals surface area contributed by atoms with Gasteiger partial charge in [-0.3, -0.25) is 9.59 Å². The van der Waals surface area contributed by atoms with E-state index < -0.39 is 17.8 Å². The Kier molecular flexibility index (Phi) is 5.16. The van der Waals surface area contributed by atoms with E-state index in [9.17, 15) is 22.8 Å². The summed E-state index contributed by atoms with van der Waals surface area (Å²) in [5.74, 6) is 1.05. The van der Waals surface area contributed by atoms with Crippen LogP contribution in [-0.2, 0) is 15.8 Å². The number of fused-ring (bicyclic) bond motifs is 1. The highest BCUT2D eigenvalue weighted by Gasteiger charge is 2.53. The van der Waals surface area contributed by atoms with Crippen LogP contribution in [0.15, 0.2) is 18.3 Å². The molecule has 2 amide bonds. The van der Waals surface area contributed by atoms with Crippen molar-refractivity contribution in [2.45, 2.75) is 55.7 Å². The van der Waals surface area contributed by atoms with E-state index in [0.717, 1.165) is 18.7 Å². The van der Waals surface area contributed by atoms with Gasteiger partial charge in [0.25, 0.3) is 0 Å². The van der Waals surface area contributed by atoms with Crippen LogP contribution < -0.4 is 10.2 Å². The van der Waals surface area contributed by atoms with E-state index in [1.165, 1.54) is 6.07 Å². The fraction of sp³-hybridized carbons (Fsp3) is 0.632. The molecule has 3 aliphatic rings. The number of nitrogens with zero attached hydrogens (tertiary/aromatic N) is 3. The Morgan fingerprint density at radius 1 is 1.31 bits per heavy atom. The molecule has 10 heteroatoms. The number of anilines is 1. The van der Waals surface area contributed by atoms with Crippen LogP contribution in [-0.4, -0.2) is 57.5 Å². The molecular formula is C19H23F3N4O2S. The first kappa shape index (κ1) is 20.3. The van der Waals surface area contributed by atoms with Gasteiger partial charge in [-0.05, 0) is 38.3 Å². The molecule has 0 bridgehead atoms. The Bertz CT molecular complexity index is 796. The summed E-state index contributed by atoms with van der Waals surface area (Å²) in [4.78, 5) is 32.3. The summed E-state index contributed by atoms with van der Waals surface area (Å²) in [6, 6.07) is 1.99. The molecule has 6 nitrogen and oxygen atoms in total. The van der Waals surface area contributed by atoms with Gasteiger partial charge < -0.3 is 15.1 Å². The summed E-state index contributed by atoms with van der Waals surface area (Å²) in [7, 11) is 0. The van der Waals surface area contributed by atoms with Gasteiger partial charge in [0.2, 0.25) is 11.8 Å². The van der Waals surface area contributed by atoms with Crippen LogP contribution in [0.25, 0.3) is 0 Å². The molecule has 158 valence electrons. The molecule has 4 rings (SSSR count). The molecule has 1 aromatic rings. The third kappa shape index (κ3) is 3.91. The molecule has 4 heterocycles. The van der Waals surface area contributed by atoms with Gasteiger partial charge in [0.15, 0.2) is 0 Å². The highest BCUT2D eigenvalue weighted by atomic mass is 32.2. The zero-order valence-electron chi connectivity index (χ0n) is 16.0. The number of amides is 2. The van der Waals surface area contributed by atoms with Crippen molar-refractivity contribution in [3.63, 3.8) is 0 Å². The Labute approximate surface area is 171 Å². The summed E-state index contributed by atoms with van der Waals surface area (Å²) >= 11 is 1.67. The van der Waals surface area contributed by atoms with Crippen molar-refractivity contribution in [2.75, 3.05) is 23.7 Å². The van der Waals surface area contributed by atoms with Crippen LogP contribution in [0.3, 0.4) is 0 Å². The number of thioether (sulfide) groups is 1. The number of carbonyl (C=O) groups is 2. The van der Waals surface area contributed by atoms with Crippen molar-refractivity contribution in [1.29, 1.82) is 0 Å². The molecule has 3 aliphatic heterocycles. The molecule has 0 aliphatic carbocycles. The maximum absolute atomic E-state index is 12.8. The number of alkyl halides is 3. The average molecular weight is 428 g/mol. The summed E-state index contributed by atoms with van der Waals surface area (Å²) < 4.78 is 38.0. The second kappa shape index (κ2) is 7.37. The smallest absolute Gasteiger partial charge is 0.356 e. The zero-order valence-corrected chi connectivity index (χ0v) is 16.9. The predicted octanol–water partition coefficient (Wildman–Crippen LogP) is 2.64.